The summed E-state index contributed by atoms with van der Waals surface area (Å²) in [7, 11) is 0. The monoisotopic (exact) mass is 248 g/mol. The molecule has 18 heavy (non-hydrogen) atoms. The number of hydrogen-bond acceptors (Lipinski definition) is 3. The summed E-state index contributed by atoms with van der Waals surface area (Å²) in [6, 6.07) is 3.02. The van der Waals surface area contributed by atoms with Crippen molar-refractivity contribution in [2.24, 2.45) is 0 Å². The third kappa shape index (κ3) is 3.15. The number of aryl methyl sites for hydroxylation is 1. The van der Waals surface area contributed by atoms with Gasteiger partial charge in [0.1, 0.15) is 11.5 Å². The van der Waals surface area contributed by atoms with Gasteiger partial charge in [0, 0.05) is 18.2 Å². The smallest absolute Gasteiger partial charge is 0.118 e. The summed E-state index contributed by atoms with van der Waals surface area (Å²) in [5.74, 6) is 2.23. The van der Waals surface area contributed by atoms with Gasteiger partial charge in [-0.3, -0.25) is 4.90 Å². The highest BCUT2D eigenvalue weighted by Gasteiger charge is 2.21. The van der Waals surface area contributed by atoms with E-state index in [1.54, 1.807) is 0 Å². The van der Waals surface area contributed by atoms with E-state index in [1.165, 1.54) is 50.8 Å². The summed E-state index contributed by atoms with van der Waals surface area (Å²) >= 11 is 0. The van der Waals surface area contributed by atoms with Crippen LogP contribution in [0.25, 0.3) is 0 Å². The van der Waals surface area contributed by atoms with E-state index in [9.17, 15) is 0 Å². The van der Waals surface area contributed by atoms with E-state index >= 15 is 0 Å². The van der Waals surface area contributed by atoms with E-state index in [2.05, 4.69) is 23.2 Å². The summed E-state index contributed by atoms with van der Waals surface area (Å²) in [4.78, 5) is 2.51. The number of rotatable bonds is 5. The van der Waals surface area contributed by atoms with Gasteiger partial charge in [-0.1, -0.05) is 6.42 Å². The summed E-state index contributed by atoms with van der Waals surface area (Å²) in [6.07, 6.45) is 6.77. The predicted molar refractivity (Wildman–Crippen MR) is 72.4 cm³/mol. The quantitative estimate of drug-likeness (QED) is 0.868. The van der Waals surface area contributed by atoms with Gasteiger partial charge in [-0.25, -0.2) is 0 Å². The molecular weight excluding hydrogens is 224 g/mol. The number of hydrogen-bond donors (Lipinski definition) is 1. The largest absolute Gasteiger partial charge is 0.465 e. The fourth-order valence-corrected chi connectivity index (χ4v) is 2.72. The number of piperidine rings is 1. The lowest BCUT2D eigenvalue weighted by molar-refractivity contribution is 0.204. The van der Waals surface area contributed by atoms with Crippen molar-refractivity contribution in [3.05, 3.63) is 23.2 Å². The van der Waals surface area contributed by atoms with Crippen LogP contribution in [0.4, 0.5) is 0 Å². The van der Waals surface area contributed by atoms with E-state index in [4.69, 9.17) is 4.42 Å². The number of likely N-dealkylation sites (tertiary alicyclic amines) is 1. The molecule has 0 spiro atoms. The minimum atomic E-state index is 0.768. The summed E-state index contributed by atoms with van der Waals surface area (Å²) in [6.45, 7) is 6.51. The first-order valence-electron chi connectivity index (χ1n) is 7.35. The maximum absolute atomic E-state index is 5.89. The molecule has 1 aromatic heterocycles. The molecule has 1 aromatic rings. The second-order valence-electron chi connectivity index (χ2n) is 5.79. The predicted octanol–water partition coefficient (Wildman–Crippen LogP) is 2.83. The molecular formula is C15H24N2O. The van der Waals surface area contributed by atoms with Gasteiger partial charge in [-0.2, -0.15) is 0 Å². The lowest BCUT2D eigenvalue weighted by Gasteiger charge is -2.25. The van der Waals surface area contributed by atoms with Crippen LogP contribution in [0.5, 0.6) is 0 Å². The molecule has 3 nitrogen and oxygen atoms in total. The van der Waals surface area contributed by atoms with Crippen LogP contribution in [0.2, 0.25) is 0 Å². The molecule has 0 unspecified atom stereocenters. The molecule has 3 heteroatoms. The van der Waals surface area contributed by atoms with E-state index in [1.807, 2.05) is 0 Å². The van der Waals surface area contributed by atoms with Crippen LogP contribution in [0.3, 0.4) is 0 Å². The van der Waals surface area contributed by atoms with Crippen LogP contribution in [0.15, 0.2) is 10.5 Å². The molecule has 1 N–H and O–H groups in total. The second kappa shape index (κ2) is 5.45. The minimum absolute atomic E-state index is 0.768. The minimum Gasteiger partial charge on any atom is -0.465 e. The van der Waals surface area contributed by atoms with Crippen molar-refractivity contribution in [2.75, 3.05) is 13.1 Å². The van der Waals surface area contributed by atoms with E-state index in [0.717, 1.165) is 30.7 Å². The first-order chi connectivity index (χ1) is 8.81. The normalized spacial score (nSPS) is 21.4. The molecule has 100 valence electrons. The van der Waals surface area contributed by atoms with Crippen LogP contribution in [-0.4, -0.2) is 24.0 Å². The number of nitrogens with zero attached hydrogens (tertiary/aromatic N) is 1. The maximum Gasteiger partial charge on any atom is 0.118 e. The van der Waals surface area contributed by atoms with Gasteiger partial charge in [0.2, 0.25) is 0 Å². The Balaban J connectivity index is 1.56. The summed E-state index contributed by atoms with van der Waals surface area (Å²) < 4.78 is 5.89. The highest BCUT2D eigenvalue weighted by molar-refractivity contribution is 5.21. The molecule has 1 saturated carbocycles. The Morgan fingerprint density at radius 3 is 2.78 bits per heavy atom. The van der Waals surface area contributed by atoms with Crippen LogP contribution in [-0.2, 0) is 13.1 Å². The molecule has 1 aliphatic heterocycles. The standard InChI is InChI=1S/C15H24N2O/c1-12-13(10-16-14-5-6-14)9-15(18-12)11-17-7-3-2-4-8-17/h9,14,16H,2-8,10-11H2,1H3. The van der Waals surface area contributed by atoms with Gasteiger partial charge < -0.3 is 9.73 Å². The average molecular weight is 248 g/mol. The number of furan rings is 1. The van der Waals surface area contributed by atoms with Gasteiger partial charge in [-0.05, 0) is 51.8 Å². The van der Waals surface area contributed by atoms with Crippen molar-refractivity contribution in [2.45, 2.75) is 58.2 Å². The van der Waals surface area contributed by atoms with E-state index < -0.39 is 0 Å². The van der Waals surface area contributed by atoms with Crippen molar-refractivity contribution >= 4 is 0 Å². The summed E-state index contributed by atoms with van der Waals surface area (Å²) in [5, 5.41) is 3.56. The Kier molecular flexibility index (Phi) is 3.71. The Bertz CT molecular complexity index is 389. The van der Waals surface area contributed by atoms with Crippen molar-refractivity contribution in [3.63, 3.8) is 0 Å². The summed E-state index contributed by atoms with van der Waals surface area (Å²) in [5.41, 5.74) is 1.34. The molecule has 2 aliphatic rings. The first-order valence-corrected chi connectivity index (χ1v) is 7.35. The Morgan fingerprint density at radius 2 is 2.06 bits per heavy atom. The SMILES string of the molecule is Cc1oc(CN2CCCCC2)cc1CNC1CC1. The maximum atomic E-state index is 5.89. The third-order valence-electron chi connectivity index (χ3n) is 4.06. The molecule has 0 amide bonds. The van der Waals surface area contributed by atoms with Crippen LogP contribution >= 0.6 is 0 Å². The van der Waals surface area contributed by atoms with Crippen molar-refractivity contribution in [3.8, 4) is 0 Å². The van der Waals surface area contributed by atoms with E-state index in [-0.39, 0.29) is 0 Å². The van der Waals surface area contributed by atoms with Crippen LogP contribution in [0.1, 0.15) is 49.2 Å². The molecule has 2 fully saturated rings. The van der Waals surface area contributed by atoms with Crippen LogP contribution < -0.4 is 5.32 Å². The zero-order valence-corrected chi connectivity index (χ0v) is 11.4. The van der Waals surface area contributed by atoms with Gasteiger partial charge in [-0.15, -0.1) is 0 Å². The van der Waals surface area contributed by atoms with Gasteiger partial charge in [0.05, 0.1) is 6.54 Å². The van der Waals surface area contributed by atoms with Crippen molar-refractivity contribution in [1.29, 1.82) is 0 Å². The molecule has 1 saturated heterocycles. The molecule has 3 rings (SSSR count). The topological polar surface area (TPSA) is 28.4 Å². The van der Waals surface area contributed by atoms with Crippen molar-refractivity contribution in [1.82, 2.24) is 10.2 Å². The molecule has 0 atom stereocenters. The van der Waals surface area contributed by atoms with Crippen molar-refractivity contribution < 1.29 is 4.42 Å². The van der Waals surface area contributed by atoms with Crippen LogP contribution in [0, 0.1) is 6.92 Å². The molecule has 0 bridgehead atoms. The second-order valence-corrected chi connectivity index (χ2v) is 5.79. The highest BCUT2D eigenvalue weighted by Crippen LogP contribution is 2.22. The lowest BCUT2D eigenvalue weighted by Crippen LogP contribution is -2.28. The first kappa shape index (κ1) is 12.2. The van der Waals surface area contributed by atoms with E-state index in [0.29, 0.717) is 0 Å². The highest BCUT2D eigenvalue weighted by atomic mass is 16.3. The zero-order chi connectivity index (χ0) is 12.4. The molecule has 2 heterocycles. The zero-order valence-electron chi connectivity index (χ0n) is 11.4. The van der Waals surface area contributed by atoms with Gasteiger partial charge >= 0.3 is 0 Å². The molecule has 0 aromatic carbocycles. The lowest BCUT2D eigenvalue weighted by atomic mass is 10.1. The Labute approximate surface area is 110 Å². The van der Waals surface area contributed by atoms with Gasteiger partial charge in [0.15, 0.2) is 0 Å². The fraction of sp³-hybridized carbons (Fsp3) is 0.733. The Hall–Kier alpha value is -0.800. The number of nitrogens with one attached hydrogen (secondary N) is 1. The molecule has 0 radical (unpaired) electrons. The average Bonchev–Trinajstić information content (AvgIpc) is 3.14. The Morgan fingerprint density at radius 1 is 1.28 bits per heavy atom. The molecule has 1 aliphatic carbocycles. The third-order valence-corrected chi connectivity index (χ3v) is 4.06. The fourth-order valence-electron chi connectivity index (χ4n) is 2.72. The van der Waals surface area contributed by atoms with Gasteiger partial charge in [0.25, 0.3) is 0 Å².